The molecule has 3 nitrogen and oxygen atoms in total. The van der Waals surface area contributed by atoms with E-state index in [4.69, 9.17) is 4.55 Å². The van der Waals surface area contributed by atoms with Crippen LogP contribution >= 0.6 is 0 Å². The average Bonchev–Trinajstić information content (AvgIpc) is 1.81. The molecule has 81 valence electrons. The largest absolute Gasteiger partial charge is 0.426 e. The summed E-state index contributed by atoms with van der Waals surface area (Å²) in [7, 11) is -6.41. The van der Waals surface area contributed by atoms with E-state index in [0.29, 0.717) is 0 Å². The van der Waals surface area contributed by atoms with Crippen LogP contribution in [0.25, 0.3) is 0 Å². The van der Waals surface area contributed by atoms with Crippen LogP contribution in [0.3, 0.4) is 0 Å². The summed E-state index contributed by atoms with van der Waals surface area (Å²) < 4.78 is 96.1. The number of rotatable bonds is 2. The third-order valence-electron chi connectivity index (χ3n) is 0.926. The third-order valence-corrected chi connectivity index (χ3v) is 1.82. The molecule has 0 aromatic rings. The van der Waals surface area contributed by atoms with Gasteiger partial charge in [-0.05, 0) is 0 Å². The molecule has 0 fully saturated rings. The molecule has 0 heterocycles. The Kier molecular flexibility index (Phi) is 6.22. The summed E-state index contributed by atoms with van der Waals surface area (Å²) in [6.07, 6.45) is -11.0. The van der Waals surface area contributed by atoms with Crippen LogP contribution in [0.5, 0.6) is 0 Å². The Morgan fingerprint density at radius 3 is 1.43 bits per heavy atom. The molecule has 0 saturated carbocycles. The monoisotopic (exact) mass is 271 g/mol. The van der Waals surface area contributed by atoms with Crippen LogP contribution < -0.4 is 0 Å². The summed E-state index contributed by atoms with van der Waals surface area (Å²) >= 11 is 0. The number of alkyl halides is 6. The van der Waals surface area contributed by atoms with Gasteiger partial charge >= 0.3 is 21.5 Å². The summed E-state index contributed by atoms with van der Waals surface area (Å²) in [6, 6.07) is 0. The second kappa shape index (κ2) is 4.97. The van der Waals surface area contributed by atoms with Gasteiger partial charge in [-0.25, -0.2) is 4.39 Å². The van der Waals surface area contributed by atoms with E-state index in [2.05, 4.69) is 0 Å². The molecule has 11 heteroatoms. The van der Waals surface area contributed by atoms with Gasteiger partial charge in [0.25, 0.3) is 6.17 Å². The summed E-state index contributed by atoms with van der Waals surface area (Å²) in [4.78, 5) is 0. The first-order valence-electron chi connectivity index (χ1n) is 2.46. The Labute approximate surface area is 117 Å². The first kappa shape index (κ1) is 17.5. The molecule has 0 spiro atoms. The summed E-state index contributed by atoms with van der Waals surface area (Å²) in [6.45, 7) is 0. The molecular formula is C3H2F6KO3S. The van der Waals surface area contributed by atoms with Gasteiger partial charge in [-0.2, -0.15) is 30.4 Å². The van der Waals surface area contributed by atoms with Gasteiger partial charge in [-0.1, -0.05) is 0 Å². The van der Waals surface area contributed by atoms with Crippen LogP contribution in [-0.4, -0.2) is 82.0 Å². The summed E-state index contributed by atoms with van der Waals surface area (Å²) in [5.41, 5.74) is 0. The number of hydrogen-bond donors (Lipinski definition) is 1. The van der Waals surface area contributed by atoms with Gasteiger partial charge in [-0.3, -0.25) is 4.55 Å². The predicted octanol–water partition coefficient (Wildman–Crippen LogP) is 0.987. The van der Waals surface area contributed by atoms with Crippen molar-refractivity contribution in [3.8, 4) is 0 Å². The molecule has 0 rings (SSSR count). The zero-order chi connectivity index (χ0) is 11.1. The Bertz CT molecular complexity index is 283. The number of halogens is 6. The van der Waals surface area contributed by atoms with Crippen molar-refractivity contribution in [3.05, 3.63) is 0 Å². The molecule has 0 aromatic carbocycles. The minimum Gasteiger partial charge on any atom is -0.281 e. The SMILES string of the molecule is O=S(=O)(O)C(F)(F)C(F)C(F)(F)F.[K]. The van der Waals surface area contributed by atoms with E-state index in [0.717, 1.165) is 0 Å². The van der Waals surface area contributed by atoms with Crippen molar-refractivity contribution < 1.29 is 39.3 Å². The normalized spacial score (nSPS) is 15.9. The van der Waals surface area contributed by atoms with Gasteiger partial charge in [0, 0.05) is 51.4 Å². The summed E-state index contributed by atoms with van der Waals surface area (Å²) in [5.74, 6) is 0. The van der Waals surface area contributed by atoms with Crippen LogP contribution in [-0.2, 0) is 10.1 Å². The Hall–Kier alpha value is 1.13. The molecule has 1 radical (unpaired) electrons. The van der Waals surface area contributed by atoms with Crippen LogP contribution in [0.1, 0.15) is 0 Å². The van der Waals surface area contributed by atoms with Crippen molar-refractivity contribution in [3.63, 3.8) is 0 Å². The molecule has 0 aliphatic rings. The Morgan fingerprint density at radius 2 is 1.36 bits per heavy atom. The van der Waals surface area contributed by atoms with Crippen molar-refractivity contribution in [2.24, 2.45) is 0 Å². The van der Waals surface area contributed by atoms with E-state index in [1.807, 2.05) is 0 Å². The molecule has 1 atom stereocenters. The standard InChI is InChI=1S/C3H2F6O3S.K/c4-1(2(5,6)7)3(8,9)13(10,11)12;/h1H,(H,10,11,12);. The zero-order valence-corrected chi connectivity index (χ0v) is 10.5. The maximum atomic E-state index is 11.9. The fourth-order valence-corrected chi connectivity index (χ4v) is 0.716. The van der Waals surface area contributed by atoms with E-state index in [9.17, 15) is 34.8 Å². The third kappa shape index (κ3) is 3.94. The fraction of sp³-hybridized carbons (Fsp3) is 1.00. The topological polar surface area (TPSA) is 54.4 Å². The first-order valence-corrected chi connectivity index (χ1v) is 3.90. The minimum atomic E-state index is -6.41. The van der Waals surface area contributed by atoms with Crippen molar-refractivity contribution in [1.29, 1.82) is 0 Å². The van der Waals surface area contributed by atoms with Crippen LogP contribution in [0.4, 0.5) is 26.3 Å². The average molecular weight is 271 g/mol. The second-order valence-corrected chi connectivity index (χ2v) is 3.44. The molecule has 1 unspecified atom stereocenters. The molecule has 1 N–H and O–H groups in total. The molecule has 0 saturated heterocycles. The first-order chi connectivity index (χ1) is 5.40. The molecule has 0 bridgehead atoms. The molecule has 0 aliphatic heterocycles. The quantitative estimate of drug-likeness (QED) is 0.463. The van der Waals surface area contributed by atoms with Crippen molar-refractivity contribution in [2.45, 2.75) is 17.6 Å². The van der Waals surface area contributed by atoms with Crippen molar-refractivity contribution in [2.75, 3.05) is 0 Å². The van der Waals surface area contributed by atoms with Crippen molar-refractivity contribution >= 4 is 61.5 Å². The van der Waals surface area contributed by atoms with E-state index < -0.39 is 27.7 Å². The molecule has 0 aliphatic carbocycles. The smallest absolute Gasteiger partial charge is 0.281 e. The van der Waals surface area contributed by atoms with Gasteiger partial charge in [-0.15, -0.1) is 0 Å². The predicted molar refractivity (Wildman–Crippen MR) is 33.2 cm³/mol. The fourth-order valence-electron chi connectivity index (χ4n) is 0.321. The van der Waals surface area contributed by atoms with E-state index in [-0.39, 0.29) is 51.4 Å². The minimum absolute atomic E-state index is 0. The van der Waals surface area contributed by atoms with Gasteiger partial charge in [0.05, 0.1) is 0 Å². The molecule has 0 amide bonds. The van der Waals surface area contributed by atoms with Gasteiger partial charge in [0.15, 0.2) is 0 Å². The Morgan fingerprint density at radius 1 is 1.07 bits per heavy atom. The van der Waals surface area contributed by atoms with Gasteiger partial charge in [0.1, 0.15) is 0 Å². The summed E-state index contributed by atoms with van der Waals surface area (Å²) in [5, 5.41) is -5.88. The molecule has 14 heavy (non-hydrogen) atoms. The second-order valence-electron chi connectivity index (χ2n) is 1.94. The van der Waals surface area contributed by atoms with Crippen molar-refractivity contribution in [1.82, 2.24) is 0 Å². The van der Waals surface area contributed by atoms with Crippen LogP contribution in [0, 0.1) is 0 Å². The molecular weight excluding hydrogens is 269 g/mol. The maximum absolute atomic E-state index is 11.9. The molecule has 0 aromatic heterocycles. The maximum Gasteiger partial charge on any atom is 0.426 e. The van der Waals surface area contributed by atoms with Crippen LogP contribution in [0.15, 0.2) is 0 Å². The van der Waals surface area contributed by atoms with Crippen LogP contribution in [0.2, 0.25) is 0 Å². The van der Waals surface area contributed by atoms with E-state index >= 15 is 0 Å². The number of hydrogen-bond acceptors (Lipinski definition) is 2. The zero-order valence-electron chi connectivity index (χ0n) is 6.52. The Balaban J connectivity index is 0. The van der Waals surface area contributed by atoms with E-state index in [1.165, 1.54) is 0 Å². The van der Waals surface area contributed by atoms with E-state index in [1.54, 1.807) is 0 Å². The van der Waals surface area contributed by atoms with Gasteiger partial charge in [0.2, 0.25) is 0 Å². The van der Waals surface area contributed by atoms with Gasteiger partial charge < -0.3 is 0 Å².